The molecule has 106 valence electrons. The normalized spacial score (nSPS) is 10.8. The number of rotatable bonds is 6. The van der Waals surface area contributed by atoms with Gasteiger partial charge in [0.1, 0.15) is 0 Å². The van der Waals surface area contributed by atoms with Crippen LogP contribution in [0.25, 0.3) is 0 Å². The molecule has 0 atom stereocenters. The maximum atomic E-state index is 13.0. The highest BCUT2D eigenvalue weighted by Crippen LogP contribution is 2.16. The van der Waals surface area contributed by atoms with Crippen molar-refractivity contribution in [3.63, 3.8) is 0 Å². The van der Waals surface area contributed by atoms with E-state index in [0.29, 0.717) is 19.1 Å². The maximum Gasteiger partial charge on any atom is 0.253 e. The molecule has 0 aliphatic heterocycles. The summed E-state index contributed by atoms with van der Waals surface area (Å²) in [4.78, 5) is 11.7. The molecule has 3 N–H and O–H groups in total. The highest BCUT2D eigenvalue weighted by Gasteiger charge is 2.13. The molecule has 0 fully saturated rings. The smallest absolute Gasteiger partial charge is 0.253 e. The molecule has 4 nitrogen and oxygen atoms in total. The van der Waals surface area contributed by atoms with Gasteiger partial charge in [-0.2, -0.15) is 0 Å². The van der Waals surface area contributed by atoms with Crippen LogP contribution in [-0.4, -0.2) is 25.7 Å². The molecule has 1 aromatic carbocycles. The minimum Gasteiger partial charge on any atom is -0.398 e. The number of nitrogens with one attached hydrogen (secondary N) is 1. The van der Waals surface area contributed by atoms with Gasteiger partial charge in [-0.15, -0.1) is 0 Å². The highest BCUT2D eigenvalue weighted by atomic mass is 19.2. The fraction of sp³-hybridized carbons (Fsp3) is 0.462. The minimum absolute atomic E-state index is 0.0808. The molecule has 0 saturated heterocycles. The zero-order valence-electron chi connectivity index (χ0n) is 11.0. The Kier molecular flexibility index (Phi) is 5.69. The van der Waals surface area contributed by atoms with E-state index < -0.39 is 17.5 Å². The standard InChI is InChI=1S/C13H18F2N2O2/c1-8(2)7-19-4-3-17-13(18)9-5-10(14)11(15)6-12(9)16/h5-6,8H,3-4,7,16H2,1-2H3,(H,17,18). The molecule has 0 aromatic heterocycles. The molecular formula is C13H18F2N2O2. The number of ether oxygens (including phenoxy) is 1. The first kappa shape index (κ1) is 15.4. The Morgan fingerprint density at radius 3 is 2.63 bits per heavy atom. The predicted molar refractivity (Wildman–Crippen MR) is 68.8 cm³/mol. The zero-order chi connectivity index (χ0) is 14.4. The van der Waals surface area contributed by atoms with E-state index in [-0.39, 0.29) is 17.8 Å². The Bertz CT molecular complexity index is 451. The molecule has 19 heavy (non-hydrogen) atoms. The number of carbonyl (C=O) groups is 1. The van der Waals surface area contributed by atoms with Crippen LogP contribution in [0.2, 0.25) is 0 Å². The Morgan fingerprint density at radius 2 is 2.00 bits per heavy atom. The van der Waals surface area contributed by atoms with Crippen LogP contribution in [0.5, 0.6) is 0 Å². The van der Waals surface area contributed by atoms with Gasteiger partial charge in [-0.3, -0.25) is 4.79 Å². The van der Waals surface area contributed by atoms with E-state index in [1.165, 1.54) is 0 Å². The van der Waals surface area contributed by atoms with Crippen molar-refractivity contribution >= 4 is 11.6 Å². The van der Waals surface area contributed by atoms with E-state index in [1.54, 1.807) is 0 Å². The number of carbonyl (C=O) groups excluding carboxylic acids is 1. The van der Waals surface area contributed by atoms with Gasteiger partial charge in [0, 0.05) is 24.9 Å². The van der Waals surface area contributed by atoms with Crippen LogP contribution >= 0.6 is 0 Å². The quantitative estimate of drug-likeness (QED) is 0.614. The topological polar surface area (TPSA) is 64.3 Å². The first-order valence-corrected chi connectivity index (χ1v) is 6.02. The third kappa shape index (κ3) is 4.82. The second-order valence-corrected chi connectivity index (χ2v) is 4.58. The summed E-state index contributed by atoms with van der Waals surface area (Å²) in [5.74, 6) is -2.31. The van der Waals surface area contributed by atoms with Crippen LogP contribution in [0.15, 0.2) is 12.1 Å². The van der Waals surface area contributed by atoms with Gasteiger partial charge in [-0.1, -0.05) is 13.8 Å². The van der Waals surface area contributed by atoms with Gasteiger partial charge >= 0.3 is 0 Å². The fourth-order valence-corrected chi connectivity index (χ4v) is 1.41. The van der Waals surface area contributed by atoms with E-state index in [4.69, 9.17) is 10.5 Å². The van der Waals surface area contributed by atoms with Crippen LogP contribution in [-0.2, 0) is 4.74 Å². The molecule has 0 saturated carbocycles. The first-order valence-electron chi connectivity index (χ1n) is 6.02. The largest absolute Gasteiger partial charge is 0.398 e. The number of amides is 1. The van der Waals surface area contributed by atoms with Crippen molar-refractivity contribution in [3.8, 4) is 0 Å². The Hall–Kier alpha value is -1.69. The summed E-state index contributed by atoms with van der Waals surface area (Å²) >= 11 is 0. The molecule has 6 heteroatoms. The Balaban J connectivity index is 2.48. The van der Waals surface area contributed by atoms with E-state index in [9.17, 15) is 13.6 Å². The number of hydrogen-bond donors (Lipinski definition) is 2. The van der Waals surface area contributed by atoms with Gasteiger partial charge in [-0.05, 0) is 12.0 Å². The number of hydrogen-bond acceptors (Lipinski definition) is 3. The number of nitrogens with two attached hydrogens (primary N) is 1. The molecule has 0 bridgehead atoms. The Morgan fingerprint density at radius 1 is 1.37 bits per heavy atom. The Labute approximate surface area is 110 Å². The average Bonchev–Trinajstić information content (AvgIpc) is 2.32. The molecule has 0 spiro atoms. The van der Waals surface area contributed by atoms with Crippen LogP contribution in [0, 0.1) is 17.6 Å². The third-order valence-electron chi connectivity index (χ3n) is 2.32. The van der Waals surface area contributed by atoms with Gasteiger partial charge in [0.25, 0.3) is 5.91 Å². The van der Waals surface area contributed by atoms with E-state index >= 15 is 0 Å². The van der Waals surface area contributed by atoms with Gasteiger partial charge in [0.15, 0.2) is 11.6 Å². The SMILES string of the molecule is CC(C)COCCNC(=O)c1cc(F)c(F)cc1N. The molecule has 1 aromatic rings. The van der Waals surface area contributed by atoms with Gasteiger partial charge < -0.3 is 15.8 Å². The van der Waals surface area contributed by atoms with Crippen molar-refractivity contribution in [3.05, 3.63) is 29.3 Å². The number of anilines is 1. The van der Waals surface area contributed by atoms with Gasteiger partial charge in [-0.25, -0.2) is 8.78 Å². The molecular weight excluding hydrogens is 254 g/mol. The fourth-order valence-electron chi connectivity index (χ4n) is 1.41. The van der Waals surface area contributed by atoms with Crippen molar-refractivity contribution < 1.29 is 18.3 Å². The molecule has 0 aliphatic carbocycles. The highest BCUT2D eigenvalue weighted by molar-refractivity contribution is 5.99. The lowest BCUT2D eigenvalue weighted by Crippen LogP contribution is -2.28. The van der Waals surface area contributed by atoms with Crippen molar-refractivity contribution in [1.29, 1.82) is 0 Å². The van der Waals surface area contributed by atoms with Crippen molar-refractivity contribution in [2.75, 3.05) is 25.5 Å². The lowest BCUT2D eigenvalue weighted by molar-refractivity contribution is 0.0886. The second-order valence-electron chi connectivity index (χ2n) is 4.58. The lowest BCUT2D eigenvalue weighted by Gasteiger charge is -2.09. The van der Waals surface area contributed by atoms with Crippen LogP contribution in [0.3, 0.4) is 0 Å². The van der Waals surface area contributed by atoms with Crippen molar-refractivity contribution in [2.45, 2.75) is 13.8 Å². The van der Waals surface area contributed by atoms with E-state index in [1.807, 2.05) is 13.8 Å². The van der Waals surface area contributed by atoms with Gasteiger partial charge in [0.2, 0.25) is 0 Å². The van der Waals surface area contributed by atoms with Gasteiger partial charge in [0.05, 0.1) is 12.2 Å². The summed E-state index contributed by atoms with van der Waals surface area (Å²) in [5.41, 5.74) is 5.28. The summed E-state index contributed by atoms with van der Waals surface area (Å²) < 4.78 is 31.1. The summed E-state index contributed by atoms with van der Waals surface area (Å²) in [5, 5.41) is 2.53. The molecule has 1 amide bonds. The number of halogens is 2. The van der Waals surface area contributed by atoms with E-state index in [2.05, 4.69) is 5.32 Å². The summed E-state index contributed by atoms with van der Waals surface area (Å²) in [6.07, 6.45) is 0. The third-order valence-corrected chi connectivity index (χ3v) is 2.32. The van der Waals surface area contributed by atoms with Crippen LogP contribution in [0.4, 0.5) is 14.5 Å². The van der Waals surface area contributed by atoms with Crippen molar-refractivity contribution in [1.82, 2.24) is 5.32 Å². The average molecular weight is 272 g/mol. The van der Waals surface area contributed by atoms with Crippen molar-refractivity contribution in [2.24, 2.45) is 5.92 Å². The summed E-state index contributed by atoms with van der Waals surface area (Å²) in [6.45, 7) is 5.27. The summed E-state index contributed by atoms with van der Waals surface area (Å²) in [7, 11) is 0. The molecule has 0 radical (unpaired) electrons. The lowest BCUT2D eigenvalue weighted by atomic mass is 10.1. The van der Waals surface area contributed by atoms with E-state index in [0.717, 1.165) is 12.1 Å². The monoisotopic (exact) mass is 272 g/mol. The maximum absolute atomic E-state index is 13.0. The van der Waals surface area contributed by atoms with Crippen LogP contribution in [0.1, 0.15) is 24.2 Å². The molecule has 1 rings (SSSR count). The minimum atomic E-state index is -1.10. The first-order chi connectivity index (χ1) is 8.91. The second kappa shape index (κ2) is 7.04. The molecule has 0 aliphatic rings. The zero-order valence-corrected chi connectivity index (χ0v) is 11.0. The molecule has 0 heterocycles. The predicted octanol–water partition coefficient (Wildman–Crippen LogP) is 1.95. The number of benzene rings is 1. The summed E-state index contributed by atoms with van der Waals surface area (Å²) in [6, 6.07) is 1.58. The molecule has 0 unspecified atom stereocenters. The van der Waals surface area contributed by atoms with Crippen LogP contribution < -0.4 is 11.1 Å². The number of nitrogen functional groups attached to an aromatic ring is 1.